The van der Waals surface area contributed by atoms with Gasteiger partial charge in [-0.05, 0) is 39.0 Å². The van der Waals surface area contributed by atoms with E-state index in [2.05, 4.69) is 19.9 Å². The minimum Gasteiger partial charge on any atom is -0.463 e. The highest BCUT2D eigenvalue weighted by molar-refractivity contribution is 5.82. The summed E-state index contributed by atoms with van der Waals surface area (Å²) in [6.07, 6.45) is 6.89. The van der Waals surface area contributed by atoms with Gasteiger partial charge in [-0.3, -0.25) is 0 Å². The molecule has 2 saturated heterocycles. The molecule has 2 N–H and O–H groups in total. The zero-order valence-electron chi connectivity index (χ0n) is 22.6. The second-order valence-corrected chi connectivity index (χ2v) is 11.9. The van der Waals surface area contributed by atoms with Crippen molar-refractivity contribution in [1.82, 2.24) is 0 Å². The van der Waals surface area contributed by atoms with E-state index in [9.17, 15) is 19.8 Å². The molecule has 210 valence electrons. The van der Waals surface area contributed by atoms with Crippen molar-refractivity contribution in [2.75, 3.05) is 19.8 Å². The maximum absolute atomic E-state index is 13.1. The van der Waals surface area contributed by atoms with Gasteiger partial charge in [-0.1, -0.05) is 43.7 Å². The lowest BCUT2D eigenvalue weighted by Crippen LogP contribution is -2.66. The number of ether oxygens (including phenoxy) is 5. The van der Waals surface area contributed by atoms with Gasteiger partial charge in [0.1, 0.15) is 24.4 Å². The largest absolute Gasteiger partial charge is 0.463 e. The Bertz CT molecular complexity index is 1030. The van der Waals surface area contributed by atoms with E-state index in [-0.39, 0.29) is 25.4 Å². The lowest BCUT2D eigenvalue weighted by molar-refractivity contribution is -0.234. The molecule has 2 bridgehead atoms. The smallest absolute Gasteiger partial charge is 0.335 e. The number of carbonyl (C=O) groups excluding carboxylic acids is 2. The van der Waals surface area contributed by atoms with E-state index in [1.54, 1.807) is 32.1 Å². The van der Waals surface area contributed by atoms with Gasteiger partial charge < -0.3 is 33.9 Å². The van der Waals surface area contributed by atoms with E-state index < -0.39 is 58.7 Å². The summed E-state index contributed by atoms with van der Waals surface area (Å²) in [5.74, 6) is -1.60. The molecule has 5 rings (SSSR count). The minimum atomic E-state index is -1.33. The number of hydrogen-bond acceptors (Lipinski definition) is 9. The standard InChI is InChI=1S/C29H40O9/c1-17-9-11-28-15-35-26(33)25(32)18(2)10-12-34-20(19(3)30)7-5-6-8-24(31)38-21-14-23(37-22(28)13-17)29(16-36-29)27(21,28)4/h5-8,13,18-23,25,30,32H,9-12,14-16H2,1-4H3/t18-,19?,20?,21-,22-,23-,25+,27-,28-,29+/m1/s1. The molecule has 0 aromatic heterocycles. The molecule has 2 spiro atoms. The van der Waals surface area contributed by atoms with Crippen LogP contribution in [0.25, 0.3) is 0 Å². The number of carbonyl (C=O) groups is 2. The molecule has 2 aliphatic carbocycles. The molecule has 3 fully saturated rings. The van der Waals surface area contributed by atoms with Crippen LogP contribution in [0.5, 0.6) is 0 Å². The molecule has 0 aromatic carbocycles. The summed E-state index contributed by atoms with van der Waals surface area (Å²) in [7, 11) is 0. The Morgan fingerprint density at radius 2 is 1.92 bits per heavy atom. The van der Waals surface area contributed by atoms with Crippen molar-refractivity contribution in [3.8, 4) is 0 Å². The average Bonchev–Trinajstić information content (AvgIpc) is 3.65. The Morgan fingerprint density at radius 1 is 1.16 bits per heavy atom. The maximum Gasteiger partial charge on any atom is 0.335 e. The number of epoxide rings is 1. The fraction of sp³-hybridized carbons (Fsp3) is 0.724. The number of allylic oxidation sites excluding steroid dienone is 3. The van der Waals surface area contributed by atoms with Crippen molar-refractivity contribution in [1.29, 1.82) is 0 Å². The molecule has 0 amide bonds. The lowest BCUT2D eigenvalue weighted by atomic mass is 9.51. The van der Waals surface area contributed by atoms with Gasteiger partial charge in [0.15, 0.2) is 6.10 Å². The number of cyclic esters (lactones) is 1. The lowest BCUT2D eigenvalue weighted by Gasteiger charge is -2.58. The van der Waals surface area contributed by atoms with Gasteiger partial charge in [-0.2, -0.15) is 0 Å². The average molecular weight is 533 g/mol. The summed E-state index contributed by atoms with van der Waals surface area (Å²) in [5, 5.41) is 20.8. The van der Waals surface area contributed by atoms with Gasteiger partial charge in [0.2, 0.25) is 0 Å². The van der Waals surface area contributed by atoms with Crippen molar-refractivity contribution in [3.63, 3.8) is 0 Å². The molecule has 2 unspecified atom stereocenters. The molecule has 38 heavy (non-hydrogen) atoms. The third-order valence-corrected chi connectivity index (χ3v) is 9.73. The van der Waals surface area contributed by atoms with Gasteiger partial charge in [0.05, 0.1) is 30.3 Å². The molecular weight excluding hydrogens is 492 g/mol. The monoisotopic (exact) mass is 532 g/mol. The van der Waals surface area contributed by atoms with E-state index in [0.717, 1.165) is 6.42 Å². The zero-order chi connectivity index (χ0) is 27.3. The molecule has 10 atom stereocenters. The van der Waals surface area contributed by atoms with Crippen molar-refractivity contribution >= 4 is 11.9 Å². The number of hydrogen-bond donors (Lipinski definition) is 2. The van der Waals surface area contributed by atoms with Crippen molar-refractivity contribution in [2.45, 2.75) is 95.6 Å². The molecular formula is C29H40O9. The van der Waals surface area contributed by atoms with Crippen LogP contribution >= 0.6 is 0 Å². The number of aliphatic hydroxyl groups is 2. The normalized spacial score (nSPS) is 46.3. The van der Waals surface area contributed by atoms with Crippen molar-refractivity contribution in [3.05, 3.63) is 36.0 Å². The van der Waals surface area contributed by atoms with E-state index in [1.165, 1.54) is 11.6 Å². The fourth-order valence-corrected chi connectivity index (χ4v) is 7.04. The van der Waals surface area contributed by atoms with Crippen molar-refractivity contribution in [2.24, 2.45) is 16.7 Å². The van der Waals surface area contributed by atoms with Crippen LogP contribution in [-0.4, -0.2) is 84.2 Å². The Morgan fingerprint density at radius 3 is 2.63 bits per heavy atom. The quantitative estimate of drug-likeness (QED) is 0.298. The minimum absolute atomic E-state index is 0.0195. The fourth-order valence-electron chi connectivity index (χ4n) is 7.04. The summed E-state index contributed by atoms with van der Waals surface area (Å²) in [6.45, 7) is 8.27. The van der Waals surface area contributed by atoms with Gasteiger partial charge in [-0.25, -0.2) is 9.59 Å². The van der Waals surface area contributed by atoms with E-state index in [1.807, 2.05) is 0 Å². The first kappa shape index (κ1) is 27.5. The van der Waals surface area contributed by atoms with Crippen LogP contribution in [0.2, 0.25) is 0 Å². The Hall–Kier alpha value is -2.04. The Kier molecular flexibility index (Phi) is 7.37. The summed E-state index contributed by atoms with van der Waals surface area (Å²) in [6, 6.07) is 0. The van der Waals surface area contributed by atoms with Gasteiger partial charge >= 0.3 is 11.9 Å². The SMILES string of the molecule is CC1=C[C@H]2O[C@@H]3C[C@H]4OC(=O)C=CC=CC(C(C)O)OCC[C@@H](C)[C@H](O)C(=O)OC[C@@]2(CC1)[C@]4(C)[C@]31CO1. The molecule has 3 heterocycles. The predicted octanol–water partition coefficient (Wildman–Crippen LogP) is 2.39. The third-order valence-electron chi connectivity index (χ3n) is 9.73. The maximum atomic E-state index is 13.1. The summed E-state index contributed by atoms with van der Waals surface area (Å²) in [4.78, 5) is 26.0. The van der Waals surface area contributed by atoms with Crippen LogP contribution in [0, 0.1) is 16.7 Å². The Balaban J connectivity index is 1.51. The second kappa shape index (κ2) is 10.2. The highest BCUT2D eigenvalue weighted by Crippen LogP contribution is 2.72. The van der Waals surface area contributed by atoms with E-state index in [4.69, 9.17) is 23.7 Å². The molecule has 9 heteroatoms. The van der Waals surface area contributed by atoms with Crippen LogP contribution in [0.3, 0.4) is 0 Å². The molecule has 0 radical (unpaired) electrons. The number of esters is 2. The first-order valence-electron chi connectivity index (χ1n) is 13.7. The molecule has 1 saturated carbocycles. The highest BCUT2D eigenvalue weighted by Gasteiger charge is 2.83. The van der Waals surface area contributed by atoms with Crippen LogP contribution in [0.15, 0.2) is 36.0 Å². The number of aliphatic hydroxyl groups excluding tert-OH is 2. The first-order valence-corrected chi connectivity index (χ1v) is 13.7. The molecule has 0 aromatic rings. The first-order chi connectivity index (χ1) is 18.0. The van der Waals surface area contributed by atoms with Crippen LogP contribution in [0.4, 0.5) is 0 Å². The predicted molar refractivity (Wildman–Crippen MR) is 136 cm³/mol. The van der Waals surface area contributed by atoms with Crippen LogP contribution in [-0.2, 0) is 33.3 Å². The van der Waals surface area contributed by atoms with E-state index >= 15 is 0 Å². The van der Waals surface area contributed by atoms with Crippen LogP contribution < -0.4 is 0 Å². The second-order valence-electron chi connectivity index (χ2n) is 11.9. The number of rotatable bonds is 1. The van der Waals surface area contributed by atoms with Crippen molar-refractivity contribution < 1.29 is 43.5 Å². The molecule has 5 aliphatic rings. The Labute approximate surface area is 223 Å². The molecule has 9 nitrogen and oxygen atoms in total. The van der Waals surface area contributed by atoms with Gasteiger partial charge in [0.25, 0.3) is 0 Å². The van der Waals surface area contributed by atoms with E-state index in [0.29, 0.717) is 25.9 Å². The molecule has 3 aliphatic heterocycles. The summed E-state index contributed by atoms with van der Waals surface area (Å²) in [5.41, 5.74) is -0.771. The summed E-state index contributed by atoms with van der Waals surface area (Å²) >= 11 is 0. The summed E-state index contributed by atoms with van der Waals surface area (Å²) < 4.78 is 30.4. The van der Waals surface area contributed by atoms with Gasteiger partial charge in [0, 0.05) is 24.5 Å². The third kappa shape index (κ3) is 4.36. The topological polar surface area (TPSA) is 124 Å². The highest BCUT2D eigenvalue weighted by atomic mass is 16.6. The van der Waals surface area contributed by atoms with Crippen LogP contribution in [0.1, 0.15) is 53.4 Å². The zero-order valence-corrected chi connectivity index (χ0v) is 22.6. The van der Waals surface area contributed by atoms with Gasteiger partial charge in [-0.15, -0.1) is 0 Å².